The molecule has 0 bridgehead atoms. The van der Waals surface area contributed by atoms with Crippen molar-refractivity contribution >= 4 is 5.91 Å². The fraction of sp³-hybridized carbons (Fsp3) is 0.300. The van der Waals surface area contributed by atoms with Gasteiger partial charge < -0.3 is 9.42 Å². The zero-order valence-corrected chi connectivity index (χ0v) is 14.7. The molecule has 4 rings (SSSR count). The number of carbonyl (C=O) groups excluding carboxylic acids is 1. The minimum absolute atomic E-state index is 0.0543. The summed E-state index contributed by atoms with van der Waals surface area (Å²) in [6.45, 7) is 0.743. The van der Waals surface area contributed by atoms with E-state index in [2.05, 4.69) is 15.1 Å². The molecule has 0 N–H and O–H groups in total. The average Bonchev–Trinajstić information content (AvgIpc) is 3.12. The summed E-state index contributed by atoms with van der Waals surface area (Å²) in [6, 6.07) is 10.1. The van der Waals surface area contributed by atoms with Crippen molar-refractivity contribution in [1.82, 2.24) is 20.0 Å². The highest BCUT2D eigenvalue weighted by Gasteiger charge is 2.32. The second-order valence-electron chi connectivity index (χ2n) is 6.55. The molecular weight excluding hydrogens is 347 g/mol. The monoisotopic (exact) mass is 366 g/mol. The van der Waals surface area contributed by atoms with Gasteiger partial charge in [-0.25, -0.2) is 4.39 Å². The Hall–Kier alpha value is -3.09. The van der Waals surface area contributed by atoms with Gasteiger partial charge in [0.2, 0.25) is 17.6 Å². The van der Waals surface area contributed by atoms with Gasteiger partial charge in [0.15, 0.2) is 0 Å². The average molecular weight is 366 g/mol. The molecular formula is C20H19FN4O2. The summed E-state index contributed by atoms with van der Waals surface area (Å²) in [5, 5.41) is 3.95. The van der Waals surface area contributed by atoms with Crippen LogP contribution in [0.1, 0.15) is 36.8 Å². The molecule has 2 aromatic heterocycles. The maximum Gasteiger partial charge on any atom is 0.226 e. The summed E-state index contributed by atoms with van der Waals surface area (Å²) in [7, 11) is 0. The Morgan fingerprint density at radius 1 is 1.26 bits per heavy atom. The van der Waals surface area contributed by atoms with Crippen LogP contribution < -0.4 is 0 Å². The molecule has 1 aliphatic heterocycles. The van der Waals surface area contributed by atoms with E-state index in [1.807, 2.05) is 17.0 Å². The molecule has 0 unspecified atom stereocenters. The zero-order chi connectivity index (χ0) is 18.6. The molecule has 7 heteroatoms. The molecule has 3 aromatic rings. The summed E-state index contributed by atoms with van der Waals surface area (Å²) in [5.41, 5.74) is 1.78. The van der Waals surface area contributed by atoms with E-state index in [0.717, 1.165) is 24.1 Å². The van der Waals surface area contributed by atoms with Crippen molar-refractivity contribution in [1.29, 1.82) is 0 Å². The van der Waals surface area contributed by atoms with Crippen LogP contribution in [0.2, 0.25) is 0 Å². The molecule has 27 heavy (non-hydrogen) atoms. The van der Waals surface area contributed by atoms with Crippen LogP contribution in [0, 0.1) is 5.82 Å². The van der Waals surface area contributed by atoms with E-state index in [9.17, 15) is 9.18 Å². The van der Waals surface area contributed by atoms with Gasteiger partial charge in [-0.3, -0.25) is 9.78 Å². The van der Waals surface area contributed by atoms with Gasteiger partial charge in [-0.2, -0.15) is 4.98 Å². The minimum atomic E-state index is -0.263. The number of pyridine rings is 1. The molecule has 3 heterocycles. The van der Waals surface area contributed by atoms with E-state index < -0.39 is 0 Å². The van der Waals surface area contributed by atoms with Gasteiger partial charge in [0.25, 0.3) is 0 Å². The lowest BCUT2D eigenvalue weighted by Gasteiger charge is -2.41. The molecule has 1 aromatic carbocycles. The van der Waals surface area contributed by atoms with Crippen molar-refractivity contribution in [2.24, 2.45) is 0 Å². The summed E-state index contributed by atoms with van der Waals surface area (Å²) in [5.74, 6) is 0.854. The number of aryl methyl sites for hydroxylation is 1. The first-order chi connectivity index (χ1) is 13.2. The molecule has 138 valence electrons. The van der Waals surface area contributed by atoms with Crippen molar-refractivity contribution in [3.63, 3.8) is 0 Å². The molecule has 0 saturated carbocycles. The lowest BCUT2D eigenvalue weighted by molar-refractivity contribution is -0.139. The largest absolute Gasteiger partial charge is 0.339 e. The lowest BCUT2D eigenvalue weighted by Crippen LogP contribution is -2.45. The molecule has 0 spiro atoms. The van der Waals surface area contributed by atoms with Gasteiger partial charge in [-0.1, -0.05) is 17.3 Å². The molecule has 6 nitrogen and oxygen atoms in total. The molecule has 0 radical (unpaired) electrons. The number of nitrogens with zero attached hydrogens (tertiary/aromatic N) is 4. The topological polar surface area (TPSA) is 72.1 Å². The maximum absolute atomic E-state index is 13.1. The highest BCUT2D eigenvalue weighted by atomic mass is 19.1. The second-order valence-corrected chi connectivity index (χ2v) is 6.55. The predicted molar refractivity (Wildman–Crippen MR) is 95.9 cm³/mol. The number of hydrogen-bond acceptors (Lipinski definition) is 5. The van der Waals surface area contributed by atoms with E-state index in [4.69, 9.17) is 4.52 Å². The van der Waals surface area contributed by atoms with E-state index >= 15 is 0 Å². The Morgan fingerprint density at radius 2 is 2.11 bits per heavy atom. The van der Waals surface area contributed by atoms with Crippen LogP contribution in [-0.4, -0.2) is 32.5 Å². The van der Waals surface area contributed by atoms with Crippen molar-refractivity contribution in [3.8, 4) is 11.4 Å². The van der Waals surface area contributed by atoms with E-state index in [-0.39, 0.29) is 17.8 Å². The van der Waals surface area contributed by atoms with Gasteiger partial charge in [0, 0.05) is 37.3 Å². The number of likely N-dealkylation sites (tertiary alicyclic amines) is 1. The van der Waals surface area contributed by atoms with Crippen LogP contribution in [0.15, 0.2) is 53.3 Å². The van der Waals surface area contributed by atoms with Crippen molar-refractivity contribution in [3.05, 3.63) is 66.1 Å². The Bertz CT molecular complexity index is 911. The van der Waals surface area contributed by atoms with E-state index in [0.29, 0.717) is 31.0 Å². The number of hydrogen-bond donors (Lipinski definition) is 0. The third-order valence-corrected chi connectivity index (χ3v) is 4.76. The first-order valence-electron chi connectivity index (χ1n) is 8.98. The molecule has 1 amide bonds. The lowest BCUT2D eigenvalue weighted by atomic mass is 9.94. The van der Waals surface area contributed by atoms with Crippen LogP contribution in [0.4, 0.5) is 4.39 Å². The van der Waals surface area contributed by atoms with Crippen LogP contribution in [0.5, 0.6) is 0 Å². The van der Waals surface area contributed by atoms with Crippen molar-refractivity contribution in [2.75, 3.05) is 6.54 Å². The predicted octanol–water partition coefficient (Wildman–Crippen LogP) is 3.57. The molecule has 1 aliphatic rings. The SMILES string of the molecule is O=C(CCCc1nc(-c2cccnc2)no1)N1CC[C@@H]1c1ccc(F)cc1. The van der Waals surface area contributed by atoms with E-state index in [1.165, 1.54) is 12.1 Å². The minimum Gasteiger partial charge on any atom is -0.339 e. The second kappa shape index (κ2) is 7.65. The van der Waals surface area contributed by atoms with Gasteiger partial charge in [-0.15, -0.1) is 0 Å². The maximum atomic E-state index is 13.1. The third kappa shape index (κ3) is 3.86. The number of halogens is 1. The number of carbonyl (C=O) groups is 1. The summed E-state index contributed by atoms with van der Waals surface area (Å²) >= 11 is 0. The first kappa shape index (κ1) is 17.3. The van der Waals surface area contributed by atoms with Gasteiger partial charge in [0.05, 0.1) is 6.04 Å². The molecule has 1 atom stereocenters. The van der Waals surface area contributed by atoms with Gasteiger partial charge in [0.1, 0.15) is 5.82 Å². The summed E-state index contributed by atoms with van der Waals surface area (Å²) in [4.78, 5) is 22.7. The highest BCUT2D eigenvalue weighted by molar-refractivity contribution is 5.77. The van der Waals surface area contributed by atoms with Crippen molar-refractivity contribution < 1.29 is 13.7 Å². The van der Waals surface area contributed by atoms with Crippen LogP contribution in [-0.2, 0) is 11.2 Å². The summed E-state index contributed by atoms with van der Waals surface area (Å²) < 4.78 is 18.3. The Kier molecular flexibility index (Phi) is 4.91. The quantitative estimate of drug-likeness (QED) is 0.667. The normalized spacial score (nSPS) is 16.2. The van der Waals surface area contributed by atoms with Crippen molar-refractivity contribution in [2.45, 2.75) is 31.7 Å². The number of amides is 1. The smallest absolute Gasteiger partial charge is 0.226 e. The Labute approximate surface area is 156 Å². The molecule has 1 saturated heterocycles. The third-order valence-electron chi connectivity index (χ3n) is 4.76. The fourth-order valence-electron chi connectivity index (χ4n) is 3.22. The van der Waals surface area contributed by atoms with Gasteiger partial charge >= 0.3 is 0 Å². The van der Waals surface area contributed by atoms with E-state index in [1.54, 1.807) is 24.5 Å². The Balaban J connectivity index is 1.29. The van der Waals surface area contributed by atoms with Gasteiger partial charge in [-0.05, 0) is 42.7 Å². The number of benzene rings is 1. The Morgan fingerprint density at radius 3 is 2.81 bits per heavy atom. The standard InChI is InChI=1S/C20H19FN4O2/c21-16-8-6-14(7-9-16)17-10-12-25(17)19(26)5-1-4-18-23-20(24-27-18)15-3-2-11-22-13-15/h2-3,6-9,11,13,17H,1,4-5,10,12H2/t17-/m1/s1. The number of rotatable bonds is 6. The highest BCUT2D eigenvalue weighted by Crippen LogP contribution is 2.34. The fourth-order valence-corrected chi connectivity index (χ4v) is 3.22. The van der Waals surface area contributed by atoms with Crippen LogP contribution in [0.3, 0.4) is 0 Å². The zero-order valence-electron chi connectivity index (χ0n) is 14.7. The van der Waals surface area contributed by atoms with Crippen LogP contribution >= 0.6 is 0 Å². The number of aromatic nitrogens is 3. The summed E-state index contributed by atoms with van der Waals surface area (Å²) in [6.07, 6.45) is 5.88. The molecule has 0 aliphatic carbocycles. The first-order valence-corrected chi connectivity index (χ1v) is 8.98. The van der Waals surface area contributed by atoms with Crippen LogP contribution in [0.25, 0.3) is 11.4 Å². The molecule has 1 fully saturated rings.